The Morgan fingerprint density at radius 1 is 1.27 bits per heavy atom. The molecule has 1 aromatic heterocycles. The number of Topliss-reactive ketones (excluding diaryl/α,β-unsaturated/α-hetero) is 1. The number of nitriles is 1. The van der Waals surface area contributed by atoms with Crippen LogP contribution in [0.15, 0.2) is 29.6 Å². The fraction of sp³-hybridized carbons (Fsp3) is 0.560. The summed E-state index contributed by atoms with van der Waals surface area (Å²) in [6, 6.07) is 10.00. The summed E-state index contributed by atoms with van der Waals surface area (Å²) in [5, 5.41) is 12.5. The van der Waals surface area contributed by atoms with Crippen molar-refractivity contribution in [1.29, 1.82) is 5.26 Å². The molecule has 4 nitrogen and oxygen atoms in total. The van der Waals surface area contributed by atoms with Crippen molar-refractivity contribution >= 4 is 22.3 Å². The van der Waals surface area contributed by atoms with E-state index in [0.29, 0.717) is 29.5 Å². The van der Waals surface area contributed by atoms with Gasteiger partial charge in [0.25, 0.3) is 0 Å². The Labute approximate surface area is 183 Å². The number of anilines is 1. The lowest BCUT2D eigenvalue weighted by Gasteiger charge is -2.26. The van der Waals surface area contributed by atoms with Gasteiger partial charge in [-0.3, -0.25) is 4.79 Å². The van der Waals surface area contributed by atoms with Crippen molar-refractivity contribution in [2.45, 2.75) is 70.8 Å². The molecule has 158 valence electrons. The van der Waals surface area contributed by atoms with Crippen LogP contribution in [0.3, 0.4) is 0 Å². The van der Waals surface area contributed by atoms with E-state index in [1.54, 1.807) is 23.5 Å². The first kappa shape index (κ1) is 21.1. The van der Waals surface area contributed by atoms with Gasteiger partial charge in [-0.25, -0.2) is 4.98 Å². The van der Waals surface area contributed by atoms with E-state index in [4.69, 9.17) is 4.98 Å². The highest BCUT2D eigenvalue weighted by atomic mass is 32.1. The zero-order valence-corrected chi connectivity index (χ0v) is 18.7. The minimum atomic E-state index is -0.0620. The van der Waals surface area contributed by atoms with Crippen molar-refractivity contribution in [2.75, 3.05) is 11.4 Å². The fourth-order valence-electron chi connectivity index (χ4n) is 4.80. The molecule has 1 atom stereocenters. The molecule has 5 heteroatoms. The number of ketones is 1. The van der Waals surface area contributed by atoms with Crippen LogP contribution in [0.5, 0.6) is 0 Å². The molecule has 0 amide bonds. The molecule has 0 radical (unpaired) electrons. The van der Waals surface area contributed by atoms with Crippen LogP contribution in [0.1, 0.15) is 79.9 Å². The second-order valence-electron chi connectivity index (χ2n) is 8.84. The molecule has 0 bridgehead atoms. The van der Waals surface area contributed by atoms with E-state index in [-0.39, 0.29) is 11.7 Å². The van der Waals surface area contributed by atoms with Crippen LogP contribution in [-0.4, -0.2) is 23.4 Å². The largest absolute Gasteiger partial charge is 0.345 e. The second kappa shape index (κ2) is 9.75. The zero-order chi connectivity index (χ0) is 20.9. The number of aromatic nitrogens is 1. The predicted molar refractivity (Wildman–Crippen MR) is 122 cm³/mol. The molecule has 0 saturated heterocycles. The highest BCUT2D eigenvalue weighted by molar-refractivity contribution is 7.13. The van der Waals surface area contributed by atoms with Crippen molar-refractivity contribution < 1.29 is 4.79 Å². The van der Waals surface area contributed by atoms with Crippen molar-refractivity contribution in [1.82, 2.24) is 4.98 Å². The van der Waals surface area contributed by atoms with Gasteiger partial charge >= 0.3 is 0 Å². The molecule has 0 aliphatic heterocycles. The maximum Gasteiger partial charge on any atom is 0.185 e. The number of carbonyl (C=O) groups is 1. The van der Waals surface area contributed by atoms with E-state index in [2.05, 4.69) is 23.3 Å². The third-order valence-corrected chi connectivity index (χ3v) is 7.49. The third-order valence-electron chi connectivity index (χ3n) is 6.56. The smallest absolute Gasteiger partial charge is 0.185 e. The molecule has 2 aliphatic carbocycles. The van der Waals surface area contributed by atoms with E-state index in [1.807, 2.05) is 12.1 Å². The van der Waals surface area contributed by atoms with Gasteiger partial charge in [-0.2, -0.15) is 5.26 Å². The van der Waals surface area contributed by atoms with Crippen molar-refractivity contribution in [2.24, 2.45) is 11.8 Å². The van der Waals surface area contributed by atoms with Crippen molar-refractivity contribution in [3.8, 4) is 6.07 Å². The van der Waals surface area contributed by atoms with Gasteiger partial charge in [-0.1, -0.05) is 44.2 Å². The molecule has 4 rings (SSSR count). The summed E-state index contributed by atoms with van der Waals surface area (Å²) in [7, 11) is 0. The van der Waals surface area contributed by atoms with E-state index in [9.17, 15) is 10.1 Å². The third kappa shape index (κ3) is 5.10. The Morgan fingerprint density at radius 3 is 2.77 bits per heavy atom. The predicted octanol–water partition coefficient (Wildman–Crippen LogP) is 6.02. The van der Waals surface area contributed by atoms with Gasteiger partial charge in [-0.15, -0.1) is 11.3 Å². The van der Waals surface area contributed by atoms with E-state index in [1.165, 1.54) is 44.9 Å². The van der Waals surface area contributed by atoms with Crippen LogP contribution in [-0.2, 0) is 6.42 Å². The quantitative estimate of drug-likeness (QED) is 0.465. The number of nitrogens with zero attached hydrogens (tertiary/aromatic N) is 3. The molecule has 30 heavy (non-hydrogen) atoms. The summed E-state index contributed by atoms with van der Waals surface area (Å²) < 4.78 is 0. The summed E-state index contributed by atoms with van der Waals surface area (Å²) in [5.74, 6) is 0.735. The monoisotopic (exact) mass is 421 g/mol. The molecule has 1 aromatic carbocycles. The van der Waals surface area contributed by atoms with E-state index in [0.717, 1.165) is 23.8 Å². The lowest BCUT2D eigenvalue weighted by molar-refractivity contribution is 0.0890. The highest BCUT2D eigenvalue weighted by Crippen LogP contribution is 2.35. The normalized spacial score (nSPS) is 18.0. The fourth-order valence-corrected chi connectivity index (χ4v) is 5.77. The van der Waals surface area contributed by atoms with Gasteiger partial charge < -0.3 is 4.90 Å². The summed E-state index contributed by atoms with van der Waals surface area (Å²) >= 11 is 1.71. The molecule has 2 aliphatic rings. The summed E-state index contributed by atoms with van der Waals surface area (Å²) in [6.45, 7) is 3.18. The molecule has 1 unspecified atom stereocenters. The van der Waals surface area contributed by atoms with Crippen LogP contribution in [0, 0.1) is 23.2 Å². The first-order chi connectivity index (χ1) is 14.7. The summed E-state index contributed by atoms with van der Waals surface area (Å²) in [6.07, 6.45) is 10.5. The van der Waals surface area contributed by atoms with Crippen molar-refractivity contribution in [3.63, 3.8) is 0 Å². The van der Waals surface area contributed by atoms with E-state index >= 15 is 0 Å². The number of rotatable bonds is 9. The topological polar surface area (TPSA) is 57.0 Å². The Balaban J connectivity index is 1.53. The molecule has 1 heterocycles. The van der Waals surface area contributed by atoms with Gasteiger partial charge in [-0.05, 0) is 44.2 Å². The average Bonchev–Trinajstić information content (AvgIpc) is 3.52. The number of carbonyl (C=O) groups excluding carboxylic acids is 1. The van der Waals surface area contributed by atoms with Gasteiger partial charge in [0.1, 0.15) is 0 Å². The molecule has 2 saturated carbocycles. The first-order valence-electron chi connectivity index (χ1n) is 11.4. The van der Waals surface area contributed by atoms with Crippen LogP contribution in [0.2, 0.25) is 0 Å². The summed E-state index contributed by atoms with van der Waals surface area (Å²) in [4.78, 5) is 20.8. The minimum absolute atomic E-state index is 0.0620. The molecular formula is C25H31N3OS. The summed E-state index contributed by atoms with van der Waals surface area (Å²) in [5.41, 5.74) is 2.26. The number of thiazole rings is 1. The molecule has 2 aromatic rings. The second-order valence-corrected chi connectivity index (χ2v) is 9.67. The highest BCUT2D eigenvalue weighted by Gasteiger charge is 2.31. The van der Waals surface area contributed by atoms with Gasteiger partial charge in [0.2, 0.25) is 0 Å². The molecular weight excluding hydrogens is 390 g/mol. The molecule has 2 fully saturated rings. The van der Waals surface area contributed by atoms with Gasteiger partial charge in [0, 0.05) is 35.9 Å². The first-order valence-corrected chi connectivity index (χ1v) is 12.3. The lowest BCUT2D eigenvalue weighted by atomic mass is 9.79. The maximum absolute atomic E-state index is 13.5. The zero-order valence-electron chi connectivity index (χ0n) is 17.8. The van der Waals surface area contributed by atoms with Crippen LogP contribution >= 0.6 is 11.3 Å². The maximum atomic E-state index is 13.5. The number of hydrogen-bond donors (Lipinski definition) is 0. The van der Waals surface area contributed by atoms with Crippen LogP contribution < -0.4 is 4.90 Å². The van der Waals surface area contributed by atoms with Gasteiger partial charge in [0.15, 0.2) is 10.9 Å². The minimum Gasteiger partial charge on any atom is -0.345 e. The molecule has 0 spiro atoms. The Kier molecular flexibility index (Phi) is 6.84. The van der Waals surface area contributed by atoms with Crippen molar-refractivity contribution in [3.05, 3.63) is 46.5 Å². The molecule has 0 N–H and O–H groups in total. The Morgan fingerprint density at radius 2 is 2.07 bits per heavy atom. The lowest BCUT2D eigenvalue weighted by Crippen LogP contribution is -2.25. The Bertz CT molecular complexity index is 905. The van der Waals surface area contributed by atoms with E-state index < -0.39 is 0 Å². The van der Waals surface area contributed by atoms with Crippen LogP contribution in [0.4, 0.5) is 5.13 Å². The average molecular weight is 422 g/mol. The standard InChI is InChI=1S/C25H31N3OS/c1-2-28(23-11-12-23)25-27-22(17-30-25)15-21(13-18-7-4-3-5-8-18)24(29)20-10-6-9-19(14-20)16-26/h6,9-10,14,17-18,21,23H,2-5,7-8,11-13,15H2,1H3. The van der Waals surface area contributed by atoms with Gasteiger partial charge in [0.05, 0.1) is 17.3 Å². The number of hydrogen-bond acceptors (Lipinski definition) is 5. The number of benzene rings is 1. The van der Waals surface area contributed by atoms with Crippen LogP contribution in [0.25, 0.3) is 0 Å². The SMILES string of the molecule is CCN(c1nc(CC(CC2CCCCC2)C(=O)c2cccc(C#N)c2)cs1)C1CC1. The Hall–Kier alpha value is -2.19.